The first-order chi connectivity index (χ1) is 8.04. The van der Waals surface area contributed by atoms with Gasteiger partial charge in [0.05, 0.1) is 6.54 Å². The van der Waals surface area contributed by atoms with Gasteiger partial charge in [0.15, 0.2) is 23.3 Å². The Balaban J connectivity index is 2.61. The van der Waals surface area contributed by atoms with Gasteiger partial charge in [0.2, 0.25) is 0 Å². The van der Waals surface area contributed by atoms with Crippen LogP contribution in [0, 0.1) is 11.6 Å². The van der Waals surface area contributed by atoms with Gasteiger partial charge in [-0.2, -0.15) is 0 Å². The third kappa shape index (κ3) is 3.72. The van der Waals surface area contributed by atoms with Crippen LogP contribution in [-0.2, 0) is 4.74 Å². The van der Waals surface area contributed by atoms with Crippen molar-refractivity contribution in [2.45, 2.75) is 0 Å². The van der Waals surface area contributed by atoms with Gasteiger partial charge >= 0.3 is 6.09 Å². The lowest BCUT2D eigenvalue weighted by Gasteiger charge is -2.09. The minimum absolute atomic E-state index is 0.0702. The van der Waals surface area contributed by atoms with Crippen LogP contribution in [0.2, 0.25) is 0 Å². The fraction of sp³-hybridized carbons (Fsp3) is 0.250. The van der Waals surface area contributed by atoms with E-state index in [9.17, 15) is 13.6 Å². The van der Waals surface area contributed by atoms with Crippen LogP contribution in [0.4, 0.5) is 25.2 Å². The maximum absolute atomic E-state index is 13.2. The minimum Gasteiger partial charge on any atom is -0.448 e. The van der Waals surface area contributed by atoms with Crippen molar-refractivity contribution in [3.05, 3.63) is 17.7 Å². The molecule has 0 unspecified atom stereocenters. The highest BCUT2D eigenvalue weighted by molar-refractivity contribution is 5.64. The summed E-state index contributed by atoms with van der Waals surface area (Å²) in [4.78, 5) is 13.8. The van der Waals surface area contributed by atoms with Gasteiger partial charge in [0, 0.05) is 6.07 Å². The number of hydrogen-bond acceptors (Lipinski definition) is 6. The Labute approximate surface area is 95.1 Å². The molecule has 9 heteroatoms. The van der Waals surface area contributed by atoms with E-state index < -0.39 is 17.7 Å². The van der Waals surface area contributed by atoms with Gasteiger partial charge in [-0.15, -0.1) is 0 Å². The summed E-state index contributed by atoms with van der Waals surface area (Å²) in [6, 6.07) is 0.624. The van der Waals surface area contributed by atoms with E-state index in [2.05, 4.69) is 15.0 Å². The number of anilines is 2. The number of amides is 1. The number of ether oxygens (including phenoxy) is 1. The number of carbonyl (C=O) groups is 1. The van der Waals surface area contributed by atoms with Crippen LogP contribution in [-0.4, -0.2) is 24.2 Å². The van der Waals surface area contributed by atoms with Crippen molar-refractivity contribution in [1.29, 1.82) is 0 Å². The second kappa shape index (κ2) is 5.80. The molecule has 6 N–H and O–H groups in total. The number of hydrogen-bond donors (Lipinski definition) is 4. The Morgan fingerprint density at radius 3 is 2.65 bits per heavy atom. The number of nitrogens with zero attached hydrogens (tertiary/aromatic N) is 1. The molecule has 0 bridgehead atoms. The molecular formula is C8H11F2N5O2. The van der Waals surface area contributed by atoms with Crippen LogP contribution in [0.1, 0.15) is 0 Å². The summed E-state index contributed by atoms with van der Waals surface area (Å²) in [5, 5.41) is 2.49. The Kier molecular flexibility index (Phi) is 4.40. The molecule has 0 aliphatic carbocycles. The molecule has 1 heterocycles. The highest BCUT2D eigenvalue weighted by Crippen LogP contribution is 2.17. The lowest BCUT2D eigenvalue weighted by Crippen LogP contribution is -2.19. The molecule has 7 nitrogen and oxygen atoms in total. The van der Waals surface area contributed by atoms with Crippen molar-refractivity contribution in [2.24, 2.45) is 11.6 Å². The highest BCUT2D eigenvalue weighted by atomic mass is 19.1. The van der Waals surface area contributed by atoms with Crippen molar-refractivity contribution >= 4 is 17.7 Å². The van der Waals surface area contributed by atoms with Crippen molar-refractivity contribution in [2.75, 3.05) is 23.9 Å². The van der Waals surface area contributed by atoms with E-state index in [1.54, 1.807) is 0 Å². The fourth-order valence-corrected chi connectivity index (χ4v) is 1.01. The van der Waals surface area contributed by atoms with Gasteiger partial charge in [0.25, 0.3) is 0 Å². The van der Waals surface area contributed by atoms with E-state index in [4.69, 9.17) is 11.6 Å². The maximum Gasteiger partial charge on any atom is 0.404 e. The molecule has 1 aromatic heterocycles. The van der Waals surface area contributed by atoms with Gasteiger partial charge in [-0.1, -0.05) is 0 Å². The molecule has 0 saturated carbocycles. The molecule has 0 fully saturated rings. The predicted molar refractivity (Wildman–Crippen MR) is 56.0 cm³/mol. The summed E-state index contributed by atoms with van der Waals surface area (Å²) in [6.45, 7) is 0.00171. The van der Waals surface area contributed by atoms with E-state index in [0.717, 1.165) is 0 Å². The molecule has 0 saturated heterocycles. The zero-order valence-corrected chi connectivity index (χ0v) is 8.67. The quantitative estimate of drug-likeness (QED) is 0.334. The molecule has 1 amide bonds. The summed E-state index contributed by atoms with van der Waals surface area (Å²) >= 11 is 0. The standard InChI is InChI=1S/C8H11F2N5O2/c9-4-3-5(10)7(15-12)14-6(4)13-1-2-17-8(11)16/h3H,1-2,12H2,(H2,11,16)(H2,13,14,15). The summed E-state index contributed by atoms with van der Waals surface area (Å²) in [5.41, 5.74) is 6.69. The fourth-order valence-electron chi connectivity index (χ4n) is 1.01. The number of halogens is 2. The van der Waals surface area contributed by atoms with Gasteiger partial charge in [-0.05, 0) is 0 Å². The molecule has 0 atom stereocenters. The van der Waals surface area contributed by atoms with Gasteiger partial charge < -0.3 is 21.2 Å². The largest absolute Gasteiger partial charge is 0.448 e. The van der Waals surface area contributed by atoms with E-state index in [1.165, 1.54) is 0 Å². The molecule has 0 spiro atoms. The second-order valence-electron chi connectivity index (χ2n) is 2.89. The molecular weight excluding hydrogens is 236 g/mol. The van der Waals surface area contributed by atoms with Crippen LogP contribution < -0.4 is 22.3 Å². The van der Waals surface area contributed by atoms with Crippen molar-refractivity contribution in [3.8, 4) is 0 Å². The lowest BCUT2D eigenvalue weighted by molar-refractivity contribution is 0.161. The topological polar surface area (TPSA) is 115 Å². The number of nitrogens with two attached hydrogens (primary N) is 2. The minimum atomic E-state index is -0.941. The number of carbonyl (C=O) groups excluding carboxylic acids is 1. The van der Waals surface area contributed by atoms with Crippen molar-refractivity contribution < 1.29 is 18.3 Å². The SMILES string of the molecule is NNc1nc(NCCOC(N)=O)c(F)cc1F. The molecule has 1 rings (SSSR count). The molecule has 0 aromatic carbocycles. The van der Waals surface area contributed by atoms with E-state index in [-0.39, 0.29) is 24.8 Å². The summed E-state index contributed by atoms with van der Waals surface area (Å²) < 4.78 is 30.5. The Bertz CT molecular complexity index is 415. The highest BCUT2D eigenvalue weighted by Gasteiger charge is 2.10. The number of nitrogen functional groups attached to an aromatic ring is 1. The third-order valence-electron chi connectivity index (χ3n) is 1.71. The molecule has 0 aliphatic heterocycles. The van der Waals surface area contributed by atoms with E-state index in [1.807, 2.05) is 5.43 Å². The van der Waals surface area contributed by atoms with Gasteiger partial charge in [-0.3, -0.25) is 0 Å². The number of hydrazine groups is 1. The summed E-state index contributed by atoms with van der Waals surface area (Å²) in [5.74, 6) is 2.66. The summed E-state index contributed by atoms with van der Waals surface area (Å²) in [7, 11) is 0. The zero-order valence-electron chi connectivity index (χ0n) is 8.67. The number of nitrogens with one attached hydrogen (secondary N) is 2. The normalized spacial score (nSPS) is 9.82. The average Bonchev–Trinajstić information content (AvgIpc) is 2.26. The van der Waals surface area contributed by atoms with Crippen LogP contribution in [0.5, 0.6) is 0 Å². The number of rotatable bonds is 5. The van der Waals surface area contributed by atoms with Gasteiger partial charge in [-0.25, -0.2) is 24.4 Å². The van der Waals surface area contributed by atoms with Crippen LogP contribution >= 0.6 is 0 Å². The van der Waals surface area contributed by atoms with Crippen LogP contribution in [0.15, 0.2) is 6.07 Å². The Hall–Kier alpha value is -2.16. The van der Waals surface area contributed by atoms with E-state index in [0.29, 0.717) is 6.07 Å². The zero-order chi connectivity index (χ0) is 12.8. The molecule has 0 radical (unpaired) electrons. The average molecular weight is 247 g/mol. The van der Waals surface area contributed by atoms with Crippen molar-refractivity contribution in [1.82, 2.24) is 4.98 Å². The Morgan fingerprint density at radius 1 is 1.41 bits per heavy atom. The smallest absolute Gasteiger partial charge is 0.404 e. The Morgan fingerprint density at radius 2 is 2.06 bits per heavy atom. The predicted octanol–water partition coefficient (Wildman–Crippen LogP) is 0.153. The molecule has 17 heavy (non-hydrogen) atoms. The first-order valence-corrected chi connectivity index (χ1v) is 4.53. The molecule has 1 aromatic rings. The first kappa shape index (κ1) is 12.9. The lowest BCUT2D eigenvalue weighted by atomic mass is 10.4. The monoisotopic (exact) mass is 247 g/mol. The maximum atomic E-state index is 13.2. The molecule has 94 valence electrons. The van der Waals surface area contributed by atoms with Crippen LogP contribution in [0.25, 0.3) is 0 Å². The number of primary amides is 1. The van der Waals surface area contributed by atoms with Crippen molar-refractivity contribution in [3.63, 3.8) is 0 Å². The van der Waals surface area contributed by atoms with Crippen LogP contribution in [0.3, 0.4) is 0 Å². The number of aromatic nitrogens is 1. The third-order valence-corrected chi connectivity index (χ3v) is 1.71. The van der Waals surface area contributed by atoms with Gasteiger partial charge in [0.1, 0.15) is 6.61 Å². The number of pyridine rings is 1. The molecule has 0 aliphatic rings. The second-order valence-corrected chi connectivity index (χ2v) is 2.89. The van der Waals surface area contributed by atoms with E-state index >= 15 is 0 Å². The summed E-state index contributed by atoms with van der Waals surface area (Å²) in [6.07, 6.45) is -0.941. The first-order valence-electron chi connectivity index (χ1n) is 4.53.